The monoisotopic (exact) mass is 132 g/mol. The molecule has 0 heteroatoms. The maximum atomic E-state index is 3.12. The second-order valence-electron chi connectivity index (χ2n) is 2.51. The third-order valence-corrected chi connectivity index (χ3v) is 1.67. The van der Waals surface area contributed by atoms with Crippen LogP contribution in [0.5, 0.6) is 0 Å². The lowest BCUT2D eigenvalue weighted by atomic mass is 10.1. The Balaban J connectivity index is 2.58. The minimum Gasteiger partial charge on any atom is -0.0938 e. The van der Waals surface area contributed by atoms with Crippen LogP contribution in [0.15, 0.2) is 23.3 Å². The minimum absolute atomic E-state index is 0.979. The Morgan fingerprint density at radius 3 is 2.90 bits per heavy atom. The first-order valence-corrected chi connectivity index (χ1v) is 3.63. The highest BCUT2D eigenvalue weighted by atomic mass is 14.0. The molecule has 1 aliphatic carbocycles. The lowest BCUT2D eigenvalue weighted by Crippen LogP contribution is -1.77. The third-order valence-electron chi connectivity index (χ3n) is 1.67. The first-order valence-electron chi connectivity index (χ1n) is 3.63. The molecule has 52 valence electrons. The van der Waals surface area contributed by atoms with Crippen molar-refractivity contribution in [3.8, 4) is 11.8 Å². The average molecular weight is 132 g/mol. The summed E-state index contributed by atoms with van der Waals surface area (Å²) in [4.78, 5) is 0. The topological polar surface area (TPSA) is 0 Å². The van der Waals surface area contributed by atoms with E-state index in [1.54, 1.807) is 0 Å². The second kappa shape index (κ2) is 3.27. The van der Waals surface area contributed by atoms with E-state index in [0.29, 0.717) is 0 Å². The van der Waals surface area contributed by atoms with E-state index in [-0.39, 0.29) is 0 Å². The van der Waals surface area contributed by atoms with E-state index in [1.807, 2.05) is 6.92 Å². The Kier molecular flexibility index (Phi) is 2.34. The summed E-state index contributed by atoms with van der Waals surface area (Å²) < 4.78 is 0. The van der Waals surface area contributed by atoms with Crippen LogP contribution < -0.4 is 0 Å². The maximum Gasteiger partial charge on any atom is 0.0312 e. The third kappa shape index (κ3) is 1.51. The van der Waals surface area contributed by atoms with Crippen molar-refractivity contribution < 1.29 is 0 Å². The standard InChI is InChI=1S/C10H12/c1-3-4-7-10-8-5-6-9(10)2/h3-4H,6-7H2,1-2H3. The van der Waals surface area contributed by atoms with Gasteiger partial charge in [-0.1, -0.05) is 24.0 Å². The molecule has 0 atom stereocenters. The van der Waals surface area contributed by atoms with Crippen molar-refractivity contribution in [3.05, 3.63) is 23.3 Å². The molecule has 0 heterocycles. The summed E-state index contributed by atoms with van der Waals surface area (Å²) in [7, 11) is 0. The molecule has 0 bridgehead atoms. The Hall–Kier alpha value is -0.960. The molecule has 0 aliphatic heterocycles. The Morgan fingerprint density at radius 1 is 1.60 bits per heavy atom. The summed E-state index contributed by atoms with van der Waals surface area (Å²) >= 11 is 0. The molecule has 1 aliphatic rings. The smallest absolute Gasteiger partial charge is 0.0312 e. The summed E-state index contributed by atoms with van der Waals surface area (Å²) in [6, 6.07) is 0. The fraction of sp³-hybridized carbons (Fsp3) is 0.400. The predicted molar refractivity (Wildman–Crippen MR) is 44.5 cm³/mol. The second-order valence-corrected chi connectivity index (χ2v) is 2.51. The van der Waals surface area contributed by atoms with Gasteiger partial charge in [-0.25, -0.2) is 0 Å². The lowest BCUT2D eigenvalue weighted by molar-refractivity contribution is 1.18. The van der Waals surface area contributed by atoms with Crippen LogP contribution in [0.3, 0.4) is 0 Å². The molecule has 0 radical (unpaired) electrons. The quantitative estimate of drug-likeness (QED) is 0.400. The van der Waals surface area contributed by atoms with Gasteiger partial charge in [0.2, 0.25) is 0 Å². The first kappa shape index (κ1) is 7.15. The zero-order valence-corrected chi connectivity index (χ0v) is 6.57. The van der Waals surface area contributed by atoms with Crippen LogP contribution in [-0.2, 0) is 0 Å². The number of rotatable bonds is 2. The summed E-state index contributed by atoms with van der Waals surface area (Å²) in [5.74, 6) is 6.19. The molecular formula is C10H12. The van der Waals surface area contributed by atoms with Crippen LogP contribution in [-0.4, -0.2) is 0 Å². The van der Waals surface area contributed by atoms with Crippen LogP contribution in [0.2, 0.25) is 0 Å². The van der Waals surface area contributed by atoms with Crippen LogP contribution in [0, 0.1) is 11.8 Å². The van der Waals surface area contributed by atoms with Gasteiger partial charge in [-0.2, -0.15) is 0 Å². The zero-order chi connectivity index (χ0) is 7.40. The zero-order valence-electron chi connectivity index (χ0n) is 6.57. The van der Waals surface area contributed by atoms with Gasteiger partial charge in [0.25, 0.3) is 0 Å². The van der Waals surface area contributed by atoms with Crippen molar-refractivity contribution in [2.45, 2.75) is 26.7 Å². The van der Waals surface area contributed by atoms with E-state index >= 15 is 0 Å². The minimum atomic E-state index is 0.979. The van der Waals surface area contributed by atoms with Gasteiger partial charge in [-0.3, -0.25) is 0 Å². The maximum absolute atomic E-state index is 3.12. The van der Waals surface area contributed by atoms with Crippen molar-refractivity contribution in [1.29, 1.82) is 0 Å². The molecule has 0 nitrogen and oxygen atoms in total. The lowest BCUT2D eigenvalue weighted by Gasteiger charge is -1.93. The molecule has 0 fully saturated rings. The molecular weight excluding hydrogens is 120 g/mol. The van der Waals surface area contributed by atoms with Gasteiger partial charge in [0.15, 0.2) is 0 Å². The van der Waals surface area contributed by atoms with Crippen LogP contribution >= 0.6 is 0 Å². The van der Waals surface area contributed by atoms with Crippen molar-refractivity contribution in [3.63, 3.8) is 0 Å². The largest absolute Gasteiger partial charge is 0.0938 e. The van der Waals surface area contributed by atoms with Crippen molar-refractivity contribution in [2.24, 2.45) is 0 Å². The molecule has 1 rings (SSSR count). The normalized spacial score (nSPS) is 16.2. The summed E-state index contributed by atoms with van der Waals surface area (Å²) in [6.07, 6.45) is 6.22. The molecule has 0 saturated heterocycles. The fourth-order valence-electron chi connectivity index (χ4n) is 0.958. The van der Waals surface area contributed by atoms with Crippen molar-refractivity contribution in [2.75, 3.05) is 0 Å². The van der Waals surface area contributed by atoms with Gasteiger partial charge >= 0.3 is 0 Å². The molecule has 0 spiro atoms. The molecule has 0 amide bonds. The predicted octanol–water partition coefficient (Wildman–Crippen LogP) is 2.68. The molecule has 0 saturated carbocycles. The summed E-state index contributed by atoms with van der Waals surface area (Å²) in [6.45, 7) is 4.18. The first-order chi connectivity index (χ1) is 4.84. The number of allylic oxidation sites excluding steroid dienone is 4. The Labute approximate surface area is 62.6 Å². The molecule has 0 aromatic rings. The SMILES string of the molecule is CC=CCC1=C(C)CC#C1. The van der Waals surface area contributed by atoms with Gasteiger partial charge in [-0.15, -0.1) is 0 Å². The van der Waals surface area contributed by atoms with Gasteiger partial charge in [0, 0.05) is 12.0 Å². The average Bonchev–Trinajstić information content (AvgIpc) is 2.31. The molecule has 0 aromatic carbocycles. The van der Waals surface area contributed by atoms with E-state index < -0.39 is 0 Å². The Bertz CT molecular complexity index is 230. The fourth-order valence-corrected chi connectivity index (χ4v) is 0.958. The molecule has 10 heavy (non-hydrogen) atoms. The van der Waals surface area contributed by atoms with Crippen LogP contribution in [0.4, 0.5) is 0 Å². The van der Waals surface area contributed by atoms with E-state index in [4.69, 9.17) is 0 Å². The van der Waals surface area contributed by atoms with Crippen LogP contribution in [0.1, 0.15) is 26.7 Å². The van der Waals surface area contributed by atoms with Crippen LogP contribution in [0.25, 0.3) is 0 Å². The highest BCUT2D eigenvalue weighted by Crippen LogP contribution is 2.15. The highest BCUT2D eigenvalue weighted by molar-refractivity contribution is 5.42. The molecule has 0 aromatic heterocycles. The molecule has 0 N–H and O–H groups in total. The summed E-state index contributed by atoms with van der Waals surface area (Å²) in [5.41, 5.74) is 2.73. The van der Waals surface area contributed by atoms with E-state index in [0.717, 1.165) is 12.8 Å². The van der Waals surface area contributed by atoms with Crippen molar-refractivity contribution in [1.82, 2.24) is 0 Å². The van der Waals surface area contributed by atoms with Crippen molar-refractivity contribution >= 4 is 0 Å². The van der Waals surface area contributed by atoms with Gasteiger partial charge in [0.05, 0.1) is 0 Å². The highest BCUT2D eigenvalue weighted by Gasteiger charge is 2.00. The number of hydrogen-bond acceptors (Lipinski definition) is 0. The van der Waals surface area contributed by atoms with E-state index in [9.17, 15) is 0 Å². The number of hydrogen-bond donors (Lipinski definition) is 0. The Morgan fingerprint density at radius 2 is 2.40 bits per heavy atom. The van der Waals surface area contributed by atoms with E-state index in [1.165, 1.54) is 11.1 Å². The summed E-state index contributed by atoms with van der Waals surface area (Å²) in [5, 5.41) is 0. The molecule has 0 unspecified atom stereocenters. The van der Waals surface area contributed by atoms with Gasteiger partial charge < -0.3 is 0 Å². The van der Waals surface area contributed by atoms with E-state index in [2.05, 4.69) is 30.9 Å². The van der Waals surface area contributed by atoms with Gasteiger partial charge in [0.1, 0.15) is 0 Å². The van der Waals surface area contributed by atoms with Gasteiger partial charge in [-0.05, 0) is 25.8 Å².